The van der Waals surface area contributed by atoms with Gasteiger partial charge in [-0.1, -0.05) is 6.92 Å². The molecule has 1 saturated carbocycles. The van der Waals surface area contributed by atoms with E-state index in [4.69, 9.17) is 0 Å². The maximum atomic E-state index is 13.5. The maximum Gasteiger partial charge on any atom is 0.147 e. The molecule has 0 radical (unpaired) electrons. The molecule has 0 heterocycles. The molecule has 0 spiro atoms. The van der Waals surface area contributed by atoms with E-state index in [9.17, 15) is 8.78 Å². The van der Waals surface area contributed by atoms with Crippen molar-refractivity contribution in [1.29, 1.82) is 0 Å². The first kappa shape index (κ1) is 11.8. The Hall–Kier alpha value is -0.640. The summed E-state index contributed by atoms with van der Waals surface area (Å²) < 4.78 is 27.0. The third-order valence-electron chi connectivity index (χ3n) is 3.47. The first-order valence-corrected chi connectivity index (χ1v) is 6.13. The molecule has 1 aliphatic carbocycles. The lowest BCUT2D eigenvalue weighted by Gasteiger charge is -2.22. The number of benzene rings is 1. The van der Waals surface area contributed by atoms with Gasteiger partial charge >= 0.3 is 0 Å². The van der Waals surface area contributed by atoms with Gasteiger partial charge in [-0.3, -0.25) is 0 Å². The molecule has 0 amide bonds. The fourth-order valence-corrected chi connectivity index (χ4v) is 1.99. The second-order valence-corrected chi connectivity index (χ2v) is 5.62. The van der Waals surface area contributed by atoms with Crippen molar-refractivity contribution in [1.82, 2.24) is 0 Å². The van der Waals surface area contributed by atoms with Crippen LogP contribution in [0.25, 0.3) is 0 Å². The Kier molecular flexibility index (Phi) is 2.95. The van der Waals surface area contributed by atoms with Crippen molar-refractivity contribution in [2.75, 3.05) is 5.32 Å². The molecule has 2 rings (SSSR count). The molecule has 4 heteroatoms. The quantitative estimate of drug-likeness (QED) is 0.817. The van der Waals surface area contributed by atoms with Crippen LogP contribution in [0.2, 0.25) is 0 Å². The fraction of sp³-hybridized carbons (Fsp3) is 0.500. The summed E-state index contributed by atoms with van der Waals surface area (Å²) >= 11 is 2.96. The highest BCUT2D eigenvalue weighted by Crippen LogP contribution is 2.49. The smallest absolute Gasteiger partial charge is 0.147 e. The van der Waals surface area contributed by atoms with E-state index in [2.05, 4.69) is 28.2 Å². The van der Waals surface area contributed by atoms with Crippen LogP contribution < -0.4 is 5.32 Å². The van der Waals surface area contributed by atoms with Crippen molar-refractivity contribution < 1.29 is 8.78 Å². The first-order valence-electron chi connectivity index (χ1n) is 5.33. The molecule has 1 N–H and O–H groups in total. The van der Waals surface area contributed by atoms with Crippen molar-refractivity contribution in [2.45, 2.75) is 32.7 Å². The van der Waals surface area contributed by atoms with Gasteiger partial charge in [-0.15, -0.1) is 0 Å². The highest BCUT2D eigenvalue weighted by atomic mass is 79.9. The van der Waals surface area contributed by atoms with E-state index in [1.54, 1.807) is 0 Å². The van der Waals surface area contributed by atoms with Crippen LogP contribution in [0, 0.1) is 17.0 Å². The van der Waals surface area contributed by atoms with E-state index in [1.807, 2.05) is 6.92 Å². The lowest BCUT2D eigenvalue weighted by molar-refractivity contribution is 0.489. The molecule has 0 aromatic heterocycles. The molecule has 1 unspecified atom stereocenters. The summed E-state index contributed by atoms with van der Waals surface area (Å²) in [5, 5.41) is 3.04. The lowest BCUT2D eigenvalue weighted by Crippen LogP contribution is -2.25. The van der Waals surface area contributed by atoms with Crippen LogP contribution >= 0.6 is 15.9 Å². The Morgan fingerprint density at radius 2 is 1.94 bits per heavy atom. The van der Waals surface area contributed by atoms with E-state index in [0.717, 1.165) is 18.9 Å². The van der Waals surface area contributed by atoms with Crippen molar-refractivity contribution >= 4 is 21.6 Å². The fourth-order valence-electron chi connectivity index (χ4n) is 1.67. The normalized spacial score (nSPS) is 19.3. The summed E-state index contributed by atoms with van der Waals surface area (Å²) in [7, 11) is 0. The Labute approximate surface area is 102 Å². The Morgan fingerprint density at radius 3 is 2.50 bits per heavy atom. The number of hydrogen-bond acceptors (Lipinski definition) is 1. The number of rotatable bonds is 3. The minimum Gasteiger partial charge on any atom is -0.380 e. The van der Waals surface area contributed by atoms with Gasteiger partial charge in [-0.2, -0.15) is 0 Å². The molecule has 0 saturated heterocycles. The molecule has 16 heavy (non-hydrogen) atoms. The van der Waals surface area contributed by atoms with Crippen molar-refractivity contribution in [2.24, 2.45) is 5.41 Å². The number of anilines is 1. The molecule has 1 atom stereocenters. The molecule has 1 fully saturated rings. The largest absolute Gasteiger partial charge is 0.380 e. The van der Waals surface area contributed by atoms with Crippen molar-refractivity contribution in [3.05, 3.63) is 28.2 Å². The summed E-state index contributed by atoms with van der Waals surface area (Å²) in [4.78, 5) is 0. The van der Waals surface area contributed by atoms with E-state index in [1.165, 1.54) is 6.07 Å². The summed E-state index contributed by atoms with van der Waals surface area (Å²) in [5.74, 6) is -0.874. The van der Waals surface area contributed by atoms with Gasteiger partial charge in [-0.05, 0) is 47.2 Å². The Balaban J connectivity index is 2.18. The Morgan fingerprint density at radius 1 is 1.31 bits per heavy atom. The van der Waals surface area contributed by atoms with Gasteiger partial charge in [0.15, 0.2) is 0 Å². The minimum absolute atomic E-state index is 0.154. The SMILES string of the molecule is CC(Nc1cc(F)c(Br)cc1F)C1(C)CC1. The summed E-state index contributed by atoms with van der Waals surface area (Å²) in [6.45, 7) is 4.16. The number of hydrogen-bond donors (Lipinski definition) is 1. The zero-order valence-corrected chi connectivity index (χ0v) is 10.9. The van der Waals surface area contributed by atoms with Gasteiger partial charge in [0.05, 0.1) is 10.2 Å². The topological polar surface area (TPSA) is 12.0 Å². The van der Waals surface area contributed by atoms with Crippen LogP contribution in [-0.2, 0) is 0 Å². The van der Waals surface area contributed by atoms with E-state index >= 15 is 0 Å². The van der Waals surface area contributed by atoms with Crippen molar-refractivity contribution in [3.8, 4) is 0 Å². The second-order valence-electron chi connectivity index (χ2n) is 4.77. The second kappa shape index (κ2) is 3.99. The predicted molar refractivity (Wildman–Crippen MR) is 64.5 cm³/mol. The number of nitrogens with one attached hydrogen (secondary N) is 1. The molecule has 1 aromatic carbocycles. The summed E-state index contributed by atoms with van der Waals surface area (Å²) in [6.07, 6.45) is 2.28. The van der Waals surface area contributed by atoms with Crippen LogP contribution in [-0.4, -0.2) is 6.04 Å². The van der Waals surface area contributed by atoms with Crippen LogP contribution in [0.3, 0.4) is 0 Å². The van der Waals surface area contributed by atoms with E-state index in [0.29, 0.717) is 0 Å². The van der Waals surface area contributed by atoms with Crippen LogP contribution in [0.5, 0.6) is 0 Å². The predicted octanol–water partition coefficient (Wildman–Crippen LogP) is 4.33. The van der Waals surface area contributed by atoms with Crippen LogP contribution in [0.4, 0.5) is 14.5 Å². The van der Waals surface area contributed by atoms with Crippen LogP contribution in [0.1, 0.15) is 26.7 Å². The number of halogens is 3. The van der Waals surface area contributed by atoms with E-state index in [-0.39, 0.29) is 21.6 Å². The highest BCUT2D eigenvalue weighted by Gasteiger charge is 2.42. The van der Waals surface area contributed by atoms with E-state index < -0.39 is 11.6 Å². The third kappa shape index (κ3) is 2.21. The Bertz CT molecular complexity index is 416. The minimum atomic E-state index is -0.447. The standard InChI is InChI=1S/C12H14BrF2N/c1-7(12(2)3-4-12)16-11-6-9(14)8(13)5-10(11)15/h5-7,16H,3-4H2,1-2H3. The molecular formula is C12H14BrF2N. The van der Waals surface area contributed by atoms with Gasteiger partial charge in [-0.25, -0.2) is 8.78 Å². The average Bonchev–Trinajstić information content (AvgIpc) is 2.94. The molecule has 0 aliphatic heterocycles. The van der Waals surface area contributed by atoms with Gasteiger partial charge in [0, 0.05) is 12.1 Å². The van der Waals surface area contributed by atoms with Gasteiger partial charge in [0.1, 0.15) is 11.6 Å². The van der Waals surface area contributed by atoms with Gasteiger partial charge in [0.25, 0.3) is 0 Å². The van der Waals surface area contributed by atoms with Crippen LogP contribution in [0.15, 0.2) is 16.6 Å². The zero-order valence-electron chi connectivity index (χ0n) is 9.28. The first-order chi connectivity index (χ1) is 7.42. The highest BCUT2D eigenvalue weighted by molar-refractivity contribution is 9.10. The molecule has 1 aliphatic rings. The summed E-state index contributed by atoms with van der Waals surface area (Å²) in [5.41, 5.74) is 0.469. The maximum absolute atomic E-state index is 13.5. The zero-order chi connectivity index (χ0) is 11.9. The molecule has 88 valence electrons. The average molecular weight is 290 g/mol. The molecule has 0 bridgehead atoms. The lowest BCUT2D eigenvalue weighted by atomic mass is 10.0. The monoisotopic (exact) mass is 289 g/mol. The summed E-state index contributed by atoms with van der Waals surface area (Å²) in [6, 6.07) is 2.50. The van der Waals surface area contributed by atoms with Gasteiger partial charge in [0.2, 0.25) is 0 Å². The molecular weight excluding hydrogens is 276 g/mol. The molecule has 1 aromatic rings. The molecule has 1 nitrogen and oxygen atoms in total. The van der Waals surface area contributed by atoms with Crippen molar-refractivity contribution in [3.63, 3.8) is 0 Å². The van der Waals surface area contributed by atoms with Gasteiger partial charge < -0.3 is 5.32 Å². The third-order valence-corrected chi connectivity index (χ3v) is 4.07.